The van der Waals surface area contributed by atoms with Gasteiger partial charge in [0.1, 0.15) is 23.9 Å². The molecule has 2 heterocycles. The van der Waals surface area contributed by atoms with Gasteiger partial charge in [0.2, 0.25) is 0 Å². The number of nitrogens with one attached hydrogen (secondary N) is 1. The smallest absolute Gasteiger partial charge is 0.157 e. The quantitative estimate of drug-likeness (QED) is 0.558. The van der Waals surface area contributed by atoms with Crippen LogP contribution in [-0.2, 0) is 6.61 Å². The first kappa shape index (κ1) is 16.4. The monoisotopic (exact) mass is 368 g/mol. The SMILES string of the molecule is Fc1ccc(OCc2nc(-c3ncc[nH]3)cn2-c2ccc(Cl)cc2)cc1. The lowest BCUT2D eigenvalue weighted by molar-refractivity contribution is 0.293. The molecule has 0 atom stereocenters. The molecule has 0 fully saturated rings. The van der Waals surface area contributed by atoms with Crippen LogP contribution in [0.25, 0.3) is 17.2 Å². The van der Waals surface area contributed by atoms with E-state index in [1.165, 1.54) is 12.1 Å². The molecule has 2 aromatic heterocycles. The highest BCUT2D eigenvalue weighted by Crippen LogP contribution is 2.22. The van der Waals surface area contributed by atoms with Gasteiger partial charge in [-0.3, -0.25) is 0 Å². The molecule has 4 aromatic rings. The Morgan fingerprint density at radius 3 is 2.54 bits per heavy atom. The van der Waals surface area contributed by atoms with Crippen molar-refractivity contribution in [3.05, 3.63) is 83.8 Å². The molecule has 130 valence electrons. The van der Waals surface area contributed by atoms with E-state index in [0.717, 1.165) is 5.69 Å². The van der Waals surface area contributed by atoms with Crippen molar-refractivity contribution in [2.75, 3.05) is 0 Å². The Labute approximate surface area is 154 Å². The first-order valence-electron chi connectivity index (χ1n) is 7.91. The summed E-state index contributed by atoms with van der Waals surface area (Å²) < 4.78 is 20.7. The largest absolute Gasteiger partial charge is 0.486 e. The predicted molar refractivity (Wildman–Crippen MR) is 96.9 cm³/mol. The second-order valence-corrected chi connectivity index (χ2v) is 6.01. The highest BCUT2D eigenvalue weighted by molar-refractivity contribution is 6.30. The number of aromatic nitrogens is 4. The molecule has 0 unspecified atom stereocenters. The van der Waals surface area contributed by atoms with Crippen LogP contribution in [0.3, 0.4) is 0 Å². The summed E-state index contributed by atoms with van der Waals surface area (Å²) in [4.78, 5) is 11.9. The molecule has 26 heavy (non-hydrogen) atoms. The van der Waals surface area contributed by atoms with Gasteiger partial charge >= 0.3 is 0 Å². The van der Waals surface area contributed by atoms with Crippen LogP contribution in [-0.4, -0.2) is 19.5 Å². The van der Waals surface area contributed by atoms with E-state index in [1.807, 2.05) is 35.0 Å². The summed E-state index contributed by atoms with van der Waals surface area (Å²) in [5, 5.41) is 0.657. The van der Waals surface area contributed by atoms with E-state index in [1.54, 1.807) is 24.5 Å². The standard InChI is InChI=1S/C19H14ClFN4O/c20-13-1-5-15(6-2-13)25-11-17(19-22-9-10-23-19)24-18(25)12-26-16-7-3-14(21)4-8-16/h1-11H,12H2,(H,22,23). The van der Waals surface area contributed by atoms with Crippen LogP contribution in [0, 0.1) is 5.82 Å². The Morgan fingerprint density at radius 2 is 1.85 bits per heavy atom. The average Bonchev–Trinajstić information content (AvgIpc) is 3.32. The number of hydrogen-bond acceptors (Lipinski definition) is 3. The number of hydrogen-bond donors (Lipinski definition) is 1. The van der Waals surface area contributed by atoms with E-state index in [0.29, 0.717) is 28.1 Å². The minimum absolute atomic E-state index is 0.217. The van der Waals surface area contributed by atoms with Crippen molar-refractivity contribution >= 4 is 11.6 Å². The number of rotatable bonds is 5. The van der Waals surface area contributed by atoms with Crippen LogP contribution in [0.15, 0.2) is 67.1 Å². The molecule has 0 aliphatic heterocycles. The fourth-order valence-electron chi connectivity index (χ4n) is 2.54. The number of ether oxygens (including phenoxy) is 1. The van der Waals surface area contributed by atoms with Gasteiger partial charge in [-0.2, -0.15) is 0 Å². The molecule has 0 aliphatic rings. The normalized spacial score (nSPS) is 10.8. The van der Waals surface area contributed by atoms with Crippen molar-refractivity contribution in [3.8, 4) is 23.0 Å². The van der Waals surface area contributed by atoms with Crippen molar-refractivity contribution in [1.29, 1.82) is 0 Å². The van der Waals surface area contributed by atoms with Crippen molar-refractivity contribution in [2.24, 2.45) is 0 Å². The van der Waals surface area contributed by atoms with Gasteiger partial charge in [-0.05, 0) is 48.5 Å². The summed E-state index contributed by atoms with van der Waals surface area (Å²) in [5.41, 5.74) is 1.60. The molecular formula is C19H14ClFN4O. The first-order valence-corrected chi connectivity index (χ1v) is 8.29. The summed E-state index contributed by atoms with van der Waals surface area (Å²) in [7, 11) is 0. The predicted octanol–water partition coefficient (Wildman–Crippen LogP) is 4.63. The number of halogens is 2. The molecule has 0 amide bonds. The minimum Gasteiger partial charge on any atom is -0.486 e. The highest BCUT2D eigenvalue weighted by atomic mass is 35.5. The Kier molecular flexibility index (Phi) is 4.41. The third-order valence-corrected chi connectivity index (χ3v) is 4.06. The maximum atomic E-state index is 13.0. The van der Waals surface area contributed by atoms with E-state index in [2.05, 4.69) is 15.0 Å². The molecule has 1 N–H and O–H groups in total. The van der Waals surface area contributed by atoms with Gasteiger partial charge in [0.15, 0.2) is 11.6 Å². The van der Waals surface area contributed by atoms with E-state index in [9.17, 15) is 4.39 Å². The topological polar surface area (TPSA) is 55.7 Å². The number of imidazole rings is 2. The molecule has 0 aliphatic carbocycles. The molecular weight excluding hydrogens is 355 g/mol. The molecule has 0 spiro atoms. The van der Waals surface area contributed by atoms with Crippen LogP contribution in [0.4, 0.5) is 4.39 Å². The average molecular weight is 369 g/mol. The van der Waals surface area contributed by atoms with E-state index < -0.39 is 0 Å². The molecule has 0 bridgehead atoms. The second kappa shape index (κ2) is 7.01. The van der Waals surface area contributed by atoms with Crippen LogP contribution < -0.4 is 4.74 Å². The summed E-state index contributed by atoms with van der Waals surface area (Å²) in [6, 6.07) is 13.3. The van der Waals surface area contributed by atoms with Gasteiger partial charge in [-0.25, -0.2) is 14.4 Å². The van der Waals surface area contributed by atoms with Crippen LogP contribution >= 0.6 is 11.6 Å². The van der Waals surface area contributed by atoms with Gasteiger partial charge < -0.3 is 14.3 Å². The van der Waals surface area contributed by atoms with Gasteiger partial charge in [0.25, 0.3) is 0 Å². The van der Waals surface area contributed by atoms with Gasteiger partial charge in [0.05, 0.1) is 0 Å². The Morgan fingerprint density at radius 1 is 1.08 bits per heavy atom. The minimum atomic E-state index is -0.305. The van der Waals surface area contributed by atoms with Gasteiger partial charge in [-0.15, -0.1) is 0 Å². The third-order valence-electron chi connectivity index (χ3n) is 3.81. The highest BCUT2D eigenvalue weighted by Gasteiger charge is 2.13. The van der Waals surface area contributed by atoms with Crippen molar-refractivity contribution in [2.45, 2.75) is 6.61 Å². The van der Waals surface area contributed by atoms with Crippen molar-refractivity contribution in [1.82, 2.24) is 19.5 Å². The summed E-state index contributed by atoms with van der Waals surface area (Å²) in [6.07, 6.45) is 5.29. The lowest BCUT2D eigenvalue weighted by atomic mass is 10.3. The molecule has 0 saturated carbocycles. The number of benzene rings is 2. The van der Waals surface area contributed by atoms with Crippen molar-refractivity contribution < 1.29 is 9.13 Å². The number of aromatic amines is 1. The Bertz CT molecular complexity index is 995. The molecule has 4 rings (SSSR count). The summed E-state index contributed by atoms with van der Waals surface area (Å²) in [5.74, 6) is 1.61. The zero-order valence-electron chi connectivity index (χ0n) is 13.6. The maximum Gasteiger partial charge on any atom is 0.157 e. The first-order chi connectivity index (χ1) is 12.7. The van der Waals surface area contributed by atoms with Crippen LogP contribution in [0.1, 0.15) is 5.82 Å². The van der Waals surface area contributed by atoms with E-state index in [4.69, 9.17) is 16.3 Å². The van der Waals surface area contributed by atoms with E-state index >= 15 is 0 Å². The Balaban J connectivity index is 1.66. The summed E-state index contributed by atoms with van der Waals surface area (Å²) >= 11 is 5.98. The number of nitrogens with zero attached hydrogens (tertiary/aromatic N) is 3. The molecule has 0 radical (unpaired) electrons. The fraction of sp³-hybridized carbons (Fsp3) is 0.0526. The molecule has 0 saturated heterocycles. The van der Waals surface area contributed by atoms with E-state index in [-0.39, 0.29) is 12.4 Å². The number of H-pyrrole nitrogens is 1. The molecule has 5 nitrogen and oxygen atoms in total. The lowest BCUT2D eigenvalue weighted by Gasteiger charge is -2.09. The fourth-order valence-corrected chi connectivity index (χ4v) is 2.67. The third kappa shape index (κ3) is 3.45. The van der Waals surface area contributed by atoms with Crippen LogP contribution in [0.5, 0.6) is 5.75 Å². The molecule has 7 heteroatoms. The zero-order valence-corrected chi connectivity index (χ0v) is 14.3. The van der Waals surface area contributed by atoms with Crippen LogP contribution in [0.2, 0.25) is 5.02 Å². The lowest BCUT2D eigenvalue weighted by Crippen LogP contribution is -2.05. The van der Waals surface area contributed by atoms with Gasteiger partial charge in [-0.1, -0.05) is 11.6 Å². The Hall–Kier alpha value is -3.12. The zero-order chi connectivity index (χ0) is 17.9. The summed E-state index contributed by atoms with van der Waals surface area (Å²) in [6.45, 7) is 0.217. The second-order valence-electron chi connectivity index (χ2n) is 5.57. The van der Waals surface area contributed by atoms with Gasteiger partial charge in [0, 0.05) is 29.3 Å². The molecule has 2 aromatic carbocycles. The maximum absolute atomic E-state index is 13.0. The van der Waals surface area contributed by atoms with Crippen molar-refractivity contribution in [3.63, 3.8) is 0 Å².